The average Bonchev–Trinajstić information content (AvgIpc) is 2.47. The van der Waals surface area contributed by atoms with Crippen LogP contribution in [0.25, 0.3) is 0 Å². The molecule has 0 amide bonds. The molecular weight excluding hydrogens is 272 g/mol. The minimum Gasteiger partial charge on any atom is -0.370 e. The molecule has 1 aromatic carbocycles. The van der Waals surface area contributed by atoms with Gasteiger partial charge in [0.1, 0.15) is 17.5 Å². The third-order valence-electron chi connectivity index (χ3n) is 3.53. The number of benzene rings is 1. The van der Waals surface area contributed by atoms with Crippen LogP contribution in [-0.2, 0) is 0 Å². The smallest absolute Gasteiger partial charge is 0.132 e. The molecule has 4 nitrogen and oxygen atoms in total. The summed E-state index contributed by atoms with van der Waals surface area (Å²) in [5, 5.41) is 6.83. The molecule has 118 valence electrons. The predicted molar refractivity (Wildman–Crippen MR) is 93.2 cm³/mol. The van der Waals surface area contributed by atoms with Crippen molar-refractivity contribution in [2.75, 3.05) is 17.2 Å². The van der Waals surface area contributed by atoms with Crippen molar-refractivity contribution in [3.8, 4) is 0 Å². The van der Waals surface area contributed by atoms with E-state index in [4.69, 9.17) is 0 Å². The van der Waals surface area contributed by atoms with Gasteiger partial charge in [-0.05, 0) is 31.7 Å². The fourth-order valence-electron chi connectivity index (χ4n) is 2.27. The van der Waals surface area contributed by atoms with Crippen LogP contribution in [0.3, 0.4) is 0 Å². The lowest BCUT2D eigenvalue weighted by molar-refractivity contribution is 0.606. The minimum atomic E-state index is 0.207. The SMILES string of the molecule is Cc1nc(NCCC(C)C)cc(NC(C)c2ccccc2)n1. The van der Waals surface area contributed by atoms with Gasteiger partial charge in [0.15, 0.2) is 0 Å². The van der Waals surface area contributed by atoms with Crippen LogP contribution in [0.5, 0.6) is 0 Å². The Labute approximate surface area is 133 Å². The van der Waals surface area contributed by atoms with Crippen molar-refractivity contribution in [3.05, 3.63) is 47.8 Å². The van der Waals surface area contributed by atoms with Gasteiger partial charge in [-0.3, -0.25) is 0 Å². The van der Waals surface area contributed by atoms with Crippen molar-refractivity contribution in [1.29, 1.82) is 0 Å². The van der Waals surface area contributed by atoms with Gasteiger partial charge in [-0.25, -0.2) is 9.97 Å². The molecule has 0 bridgehead atoms. The number of anilines is 2. The molecule has 22 heavy (non-hydrogen) atoms. The molecule has 2 aromatic rings. The van der Waals surface area contributed by atoms with Crippen molar-refractivity contribution in [1.82, 2.24) is 9.97 Å². The second-order valence-electron chi connectivity index (χ2n) is 6.07. The Balaban J connectivity index is 2.03. The molecule has 0 aliphatic carbocycles. The maximum absolute atomic E-state index is 4.48. The van der Waals surface area contributed by atoms with E-state index in [1.165, 1.54) is 5.56 Å². The van der Waals surface area contributed by atoms with Crippen molar-refractivity contribution in [3.63, 3.8) is 0 Å². The van der Waals surface area contributed by atoms with E-state index >= 15 is 0 Å². The minimum absolute atomic E-state index is 0.207. The molecule has 0 aliphatic heterocycles. The monoisotopic (exact) mass is 298 g/mol. The number of aryl methyl sites for hydroxylation is 1. The first-order valence-corrected chi connectivity index (χ1v) is 7.95. The van der Waals surface area contributed by atoms with E-state index in [0.29, 0.717) is 5.92 Å². The summed E-state index contributed by atoms with van der Waals surface area (Å²) in [5.74, 6) is 3.20. The lowest BCUT2D eigenvalue weighted by atomic mass is 10.1. The average molecular weight is 298 g/mol. The zero-order valence-electron chi connectivity index (χ0n) is 13.9. The van der Waals surface area contributed by atoms with E-state index in [1.54, 1.807) is 0 Å². The van der Waals surface area contributed by atoms with Gasteiger partial charge in [-0.2, -0.15) is 0 Å². The van der Waals surface area contributed by atoms with Crippen LogP contribution in [0.4, 0.5) is 11.6 Å². The van der Waals surface area contributed by atoms with Gasteiger partial charge in [0.25, 0.3) is 0 Å². The highest BCUT2D eigenvalue weighted by Crippen LogP contribution is 2.19. The molecular formula is C18H26N4. The highest BCUT2D eigenvalue weighted by molar-refractivity contribution is 5.48. The maximum Gasteiger partial charge on any atom is 0.132 e. The summed E-state index contributed by atoms with van der Waals surface area (Å²) in [6.45, 7) is 9.44. The third kappa shape index (κ3) is 5.02. The largest absolute Gasteiger partial charge is 0.370 e. The summed E-state index contributed by atoms with van der Waals surface area (Å²) in [6.07, 6.45) is 1.13. The summed E-state index contributed by atoms with van der Waals surface area (Å²) < 4.78 is 0. The molecule has 2 N–H and O–H groups in total. The van der Waals surface area contributed by atoms with Crippen molar-refractivity contribution in [2.45, 2.75) is 40.2 Å². The van der Waals surface area contributed by atoms with E-state index in [-0.39, 0.29) is 6.04 Å². The van der Waals surface area contributed by atoms with Gasteiger partial charge in [-0.1, -0.05) is 44.2 Å². The standard InChI is InChI=1S/C18H26N4/c1-13(2)10-11-19-17-12-18(22-15(4)21-17)20-14(3)16-8-6-5-7-9-16/h5-9,12-14H,10-11H2,1-4H3,(H2,19,20,21,22). The number of hydrogen-bond donors (Lipinski definition) is 2. The molecule has 2 rings (SSSR count). The number of aromatic nitrogens is 2. The summed E-state index contributed by atoms with van der Waals surface area (Å²) >= 11 is 0. The second-order valence-corrected chi connectivity index (χ2v) is 6.07. The van der Waals surface area contributed by atoms with Gasteiger partial charge in [0.05, 0.1) is 0 Å². The number of nitrogens with one attached hydrogen (secondary N) is 2. The lowest BCUT2D eigenvalue weighted by Crippen LogP contribution is -2.11. The number of rotatable bonds is 7. The molecule has 0 radical (unpaired) electrons. The fourth-order valence-corrected chi connectivity index (χ4v) is 2.27. The fraction of sp³-hybridized carbons (Fsp3) is 0.444. The van der Waals surface area contributed by atoms with E-state index in [1.807, 2.05) is 19.1 Å². The van der Waals surface area contributed by atoms with E-state index < -0.39 is 0 Å². The molecule has 0 fully saturated rings. The maximum atomic E-state index is 4.48. The predicted octanol–water partition coefficient (Wildman–Crippen LogP) is 4.42. The second kappa shape index (κ2) is 7.78. The molecule has 4 heteroatoms. The number of nitrogens with zero attached hydrogens (tertiary/aromatic N) is 2. The first-order valence-electron chi connectivity index (χ1n) is 7.95. The zero-order chi connectivity index (χ0) is 15.9. The molecule has 1 atom stereocenters. The summed E-state index contributed by atoms with van der Waals surface area (Å²) in [7, 11) is 0. The number of hydrogen-bond acceptors (Lipinski definition) is 4. The Kier molecular flexibility index (Phi) is 5.75. The van der Waals surface area contributed by atoms with Crippen LogP contribution in [-0.4, -0.2) is 16.5 Å². The van der Waals surface area contributed by atoms with Crippen LogP contribution in [0.2, 0.25) is 0 Å². The third-order valence-corrected chi connectivity index (χ3v) is 3.53. The Morgan fingerprint density at radius 1 is 1.00 bits per heavy atom. The van der Waals surface area contributed by atoms with Crippen molar-refractivity contribution < 1.29 is 0 Å². The van der Waals surface area contributed by atoms with Gasteiger partial charge >= 0.3 is 0 Å². The van der Waals surface area contributed by atoms with Gasteiger partial charge in [-0.15, -0.1) is 0 Å². The summed E-state index contributed by atoms with van der Waals surface area (Å²) in [6, 6.07) is 12.6. The normalized spacial score (nSPS) is 12.2. The van der Waals surface area contributed by atoms with E-state index in [0.717, 1.165) is 30.4 Å². The molecule has 1 heterocycles. The van der Waals surface area contributed by atoms with Crippen LogP contribution < -0.4 is 10.6 Å². The summed E-state index contributed by atoms with van der Waals surface area (Å²) in [5.41, 5.74) is 1.24. The van der Waals surface area contributed by atoms with Gasteiger partial charge < -0.3 is 10.6 Å². The highest BCUT2D eigenvalue weighted by Gasteiger charge is 2.07. The Hall–Kier alpha value is -2.10. The Morgan fingerprint density at radius 3 is 2.36 bits per heavy atom. The van der Waals surface area contributed by atoms with Crippen LogP contribution in [0.1, 0.15) is 44.6 Å². The van der Waals surface area contributed by atoms with Crippen LogP contribution >= 0.6 is 0 Å². The van der Waals surface area contributed by atoms with E-state index in [9.17, 15) is 0 Å². The molecule has 1 aromatic heterocycles. The molecule has 0 spiro atoms. The van der Waals surface area contributed by atoms with Gasteiger partial charge in [0.2, 0.25) is 0 Å². The van der Waals surface area contributed by atoms with Crippen LogP contribution in [0.15, 0.2) is 36.4 Å². The first-order chi connectivity index (χ1) is 10.5. The molecule has 1 unspecified atom stereocenters. The topological polar surface area (TPSA) is 49.8 Å². The van der Waals surface area contributed by atoms with Crippen LogP contribution in [0, 0.1) is 12.8 Å². The molecule has 0 aliphatic rings. The molecule has 0 saturated heterocycles. The lowest BCUT2D eigenvalue weighted by Gasteiger charge is -2.16. The summed E-state index contributed by atoms with van der Waals surface area (Å²) in [4.78, 5) is 8.93. The Morgan fingerprint density at radius 2 is 1.68 bits per heavy atom. The first kappa shape index (κ1) is 16.3. The Bertz CT molecular complexity index is 581. The quantitative estimate of drug-likeness (QED) is 0.794. The van der Waals surface area contributed by atoms with Crippen molar-refractivity contribution >= 4 is 11.6 Å². The van der Waals surface area contributed by atoms with Crippen molar-refractivity contribution in [2.24, 2.45) is 5.92 Å². The van der Waals surface area contributed by atoms with E-state index in [2.05, 4.69) is 65.6 Å². The highest BCUT2D eigenvalue weighted by atomic mass is 15.1. The zero-order valence-corrected chi connectivity index (χ0v) is 13.9. The molecule has 0 saturated carbocycles. The van der Waals surface area contributed by atoms with Gasteiger partial charge in [0, 0.05) is 18.7 Å².